The number of piperazine rings is 1. The Balaban J connectivity index is 1.15. The van der Waals surface area contributed by atoms with Gasteiger partial charge in [0.05, 0.1) is 12.6 Å². The number of rotatable bonds is 5. The van der Waals surface area contributed by atoms with Gasteiger partial charge < -0.3 is 19.5 Å². The van der Waals surface area contributed by atoms with Crippen LogP contribution in [-0.4, -0.2) is 69.4 Å². The van der Waals surface area contributed by atoms with Crippen LogP contribution in [0.1, 0.15) is 38.5 Å². The summed E-state index contributed by atoms with van der Waals surface area (Å²) in [6, 6.07) is 3.55. The SMILES string of the molecule is COc1ccc2[nH]c(=O)n(C[C@H]3CC[C@H](C(=O)N4CCN(C(=O)C5CC5)CC4)CC3)c2n1. The minimum Gasteiger partial charge on any atom is -0.481 e. The molecule has 2 aromatic heterocycles. The van der Waals surface area contributed by atoms with Crippen LogP contribution >= 0.6 is 0 Å². The van der Waals surface area contributed by atoms with Crippen molar-refractivity contribution in [3.8, 4) is 5.88 Å². The Hall–Kier alpha value is -2.84. The monoisotopic (exact) mass is 441 g/mol. The number of pyridine rings is 1. The second-order valence-corrected chi connectivity index (χ2v) is 9.41. The van der Waals surface area contributed by atoms with Crippen LogP contribution < -0.4 is 10.4 Å². The normalized spacial score (nSPS) is 24.0. The molecule has 2 amide bonds. The largest absolute Gasteiger partial charge is 0.481 e. The number of carbonyl (C=O) groups excluding carboxylic acids is 2. The molecule has 3 heterocycles. The number of nitrogens with zero attached hydrogens (tertiary/aromatic N) is 4. The van der Waals surface area contributed by atoms with Crippen LogP contribution in [0.3, 0.4) is 0 Å². The van der Waals surface area contributed by atoms with Crippen molar-refractivity contribution in [2.75, 3.05) is 33.3 Å². The van der Waals surface area contributed by atoms with E-state index in [9.17, 15) is 14.4 Å². The molecule has 1 N–H and O–H groups in total. The molecule has 3 aliphatic rings. The highest BCUT2D eigenvalue weighted by Crippen LogP contribution is 2.33. The molecule has 1 saturated heterocycles. The first-order valence-electron chi connectivity index (χ1n) is 11.7. The number of ether oxygens (including phenoxy) is 1. The third-order valence-corrected chi connectivity index (χ3v) is 7.27. The first-order chi connectivity index (χ1) is 15.5. The number of fused-ring (bicyclic) bond motifs is 1. The summed E-state index contributed by atoms with van der Waals surface area (Å²) in [5.41, 5.74) is 1.17. The molecule has 2 aliphatic carbocycles. The quantitative estimate of drug-likeness (QED) is 0.760. The van der Waals surface area contributed by atoms with Gasteiger partial charge in [-0.25, -0.2) is 4.79 Å². The van der Waals surface area contributed by atoms with E-state index in [1.807, 2.05) is 15.9 Å². The second-order valence-electron chi connectivity index (χ2n) is 9.41. The molecular weight excluding hydrogens is 410 g/mol. The number of aromatic amines is 1. The number of H-pyrrole nitrogens is 1. The van der Waals surface area contributed by atoms with Crippen molar-refractivity contribution in [2.45, 2.75) is 45.1 Å². The van der Waals surface area contributed by atoms with E-state index in [2.05, 4.69) is 9.97 Å². The van der Waals surface area contributed by atoms with Crippen LogP contribution in [0.15, 0.2) is 16.9 Å². The number of carbonyl (C=O) groups is 2. The molecule has 0 spiro atoms. The van der Waals surface area contributed by atoms with Gasteiger partial charge in [-0.1, -0.05) is 0 Å². The molecule has 0 aromatic carbocycles. The fourth-order valence-electron chi connectivity index (χ4n) is 5.14. The van der Waals surface area contributed by atoms with Gasteiger partial charge in [-0.05, 0) is 50.5 Å². The molecule has 32 heavy (non-hydrogen) atoms. The maximum atomic E-state index is 13.0. The topological polar surface area (TPSA) is 101 Å². The number of methoxy groups -OCH3 is 1. The van der Waals surface area contributed by atoms with Crippen molar-refractivity contribution in [1.29, 1.82) is 0 Å². The highest BCUT2D eigenvalue weighted by atomic mass is 16.5. The molecule has 5 rings (SSSR count). The van der Waals surface area contributed by atoms with Gasteiger partial charge in [0, 0.05) is 50.6 Å². The van der Waals surface area contributed by atoms with Gasteiger partial charge in [-0.3, -0.25) is 14.2 Å². The molecule has 1 aliphatic heterocycles. The van der Waals surface area contributed by atoms with Crippen LogP contribution in [0.2, 0.25) is 0 Å². The lowest BCUT2D eigenvalue weighted by atomic mass is 9.81. The van der Waals surface area contributed by atoms with E-state index in [1.165, 1.54) is 0 Å². The average molecular weight is 442 g/mol. The number of amides is 2. The van der Waals surface area contributed by atoms with Gasteiger partial charge in [0.1, 0.15) is 0 Å². The van der Waals surface area contributed by atoms with Gasteiger partial charge >= 0.3 is 5.69 Å². The van der Waals surface area contributed by atoms with E-state index in [0.717, 1.165) is 38.5 Å². The Kier molecular flexibility index (Phi) is 5.65. The summed E-state index contributed by atoms with van der Waals surface area (Å²) in [5, 5.41) is 0. The number of aromatic nitrogens is 3. The second kappa shape index (κ2) is 8.60. The lowest BCUT2D eigenvalue weighted by Crippen LogP contribution is -2.52. The molecule has 2 saturated carbocycles. The van der Waals surface area contributed by atoms with Crippen LogP contribution in [0.5, 0.6) is 5.88 Å². The zero-order valence-electron chi connectivity index (χ0n) is 18.6. The zero-order valence-corrected chi connectivity index (χ0v) is 18.6. The first kappa shape index (κ1) is 21.0. The molecule has 0 bridgehead atoms. The first-order valence-corrected chi connectivity index (χ1v) is 11.7. The van der Waals surface area contributed by atoms with Crippen molar-refractivity contribution in [3.05, 3.63) is 22.6 Å². The Labute approximate surface area is 186 Å². The number of hydrogen-bond acceptors (Lipinski definition) is 5. The molecule has 3 fully saturated rings. The van der Waals surface area contributed by atoms with Crippen LogP contribution in [0, 0.1) is 17.8 Å². The molecular formula is C23H31N5O4. The van der Waals surface area contributed by atoms with Crippen molar-refractivity contribution in [1.82, 2.24) is 24.3 Å². The summed E-state index contributed by atoms with van der Waals surface area (Å²) in [5.74, 6) is 1.63. The summed E-state index contributed by atoms with van der Waals surface area (Å²) in [7, 11) is 1.56. The third-order valence-electron chi connectivity index (χ3n) is 7.27. The molecule has 9 heteroatoms. The van der Waals surface area contributed by atoms with Crippen LogP contribution in [0.4, 0.5) is 0 Å². The van der Waals surface area contributed by atoms with Gasteiger partial charge in [0.15, 0.2) is 5.65 Å². The van der Waals surface area contributed by atoms with Gasteiger partial charge in [-0.15, -0.1) is 0 Å². The Morgan fingerprint density at radius 2 is 1.53 bits per heavy atom. The summed E-state index contributed by atoms with van der Waals surface area (Å²) in [6.45, 7) is 3.22. The van der Waals surface area contributed by atoms with Crippen LogP contribution in [0.25, 0.3) is 11.2 Å². The highest BCUT2D eigenvalue weighted by molar-refractivity contribution is 5.82. The zero-order chi connectivity index (χ0) is 22.2. The molecule has 2 aromatic rings. The Morgan fingerprint density at radius 1 is 0.969 bits per heavy atom. The molecule has 0 atom stereocenters. The van der Waals surface area contributed by atoms with E-state index in [1.54, 1.807) is 17.7 Å². The smallest absolute Gasteiger partial charge is 0.327 e. The fraction of sp³-hybridized carbons (Fsp3) is 0.652. The average Bonchev–Trinajstić information content (AvgIpc) is 3.63. The Bertz CT molecular complexity index is 1060. The van der Waals surface area contributed by atoms with E-state index in [4.69, 9.17) is 4.74 Å². The van der Waals surface area contributed by atoms with E-state index < -0.39 is 0 Å². The van der Waals surface area contributed by atoms with Crippen LogP contribution in [-0.2, 0) is 16.1 Å². The molecule has 0 unspecified atom stereocenters. The predicted octanol–water partition coefficient (Wildman–Crippen LogP) is 1.62. The van der Waals surface area contributed by atoms with Crippen molar-refractivity contribution < 1.29 is 14.3 Å². The van der Waals surface area contributed by atoms with Crippen molar-refractivity contribution in [3.63, 3.8) is 0 Å². The maximum absolute atomic E-state index is 13.0. The minimum atomic E-state index is -0.155. The number of nitrogens with one attached hydrogen (secondary N) is 1. The van der Waals surface area contributed by atoms with Crippen molar-refractivity contribution in [2.24, 2.45) is 17.8 Å². The summed E-state index contributed by atoms with van der Waals surface area (Å²) < 4.78 is 6.90. The third kappa shape index (κ3) is 4.12. The number of hydrogen-bond donors (Lipinski definition) is 1. The van der Waals surface area contributed by atoms with E-state index >= 15 is 0 Å². The maximum Gasteiger partial charge on any atom is 0.327 e. The highest BCUT2D eigenvalue weighted by Gasteiger charge is 2.36. The van der Waals surface area contributed by atoms with Gasteiger partial charge in [-0.2, -0.15) is 4.98 Å². The standard InChI is InChI=1S/C23H31N5O4/c1-32-19-9-8-18-20(25-19)28(23(31)24-18)14-15-2-4-16(5-3-15)21(29)26-10-12-27(13-11-26)22(30)17-6-7-17/h8-9,15-17H,2-7,10-14H2,1H3,(H,24,31)/t15-,16-. The molecule has 9 nitrogen and oxygen atoms in total. The summed E-state index contributed by atoms with van der Waals surface area (Å²) in [4.78, 5) is 48.9. The summed E-state index contributed by atoms with van der Waals surface area (Å²) >= 11 is 0. The van der Waals surface area contributed by atoms with Crippen molar-refractivity contribution >= 4 is 23.0 Å². The number of imidazole rings is 1. The van der Waals surface area contributed by atoms with E-state index in [0.29, 0.717) is 55.7 Å². The fourth-order valence-corrected chi connectivity index (χ4v) is 5.14. The lowest BCUT2D eigenvalue weighted by Gasteiger charge is -2.38. The van der Waals surface area contributed by atoms with E-state index in [-0.39, 0.29) is 29.3 Å². The molecule has 0 radical (unpaired) electrons. The minimum absolute atomic E-state index is 0.0508. The lowest BCUT2D eigenvalue weighted by molar-refractivity contribution is -0.143. The van der Waals surface area contributed by atoms with Gasteiger partial charge in [0.25, 0.3) is 0 Å². The Morgan fingerprint density at radius 3 is 2.06 bits per heavy atom. The predicted molar refractivity (Wildman–Crippen MR) is 118 cm³/mol. The van der Waals surface area contributed by atoms with Gasteiger partial charge in [0.2, 0.25) is 17.7 Å². The summed E-state index contributed by atoms with van der Waals surface area (Å²) in [6.07, 6.45) is 5.57. The molecule has 172 valence electrons.